The average Bonchev–Trinajstić information content (AvgIpc) is 3.05. The van der Waals surface area contributed by atoms with Gasteiger partial charge in [-0.25, -0.2) is 16.8 Å². The second kappa shape index (κ2) is 15.0. The lowest BCUT2D eigenvalue weighted by Gasteiger charge is -2.33. The van der Waals surface area contributed by atoms with Crippen molar-refractivity contribution >= 4 is 65.1 Å². The van der Waals surface area contributed by atoms with Crippen molar-refractivity contribution in [3.05, 3.63) is 78.9 Å². The molecule has 0 spiro atoms. The highest BCUT2D eigenvalue weighted by molar-refractivity contribution is 8.04. The van der Waals surface area contributed by atoms with Gasteiger partial charge in [0.1, 0.15) is 6.54 Å². The van der Waals surface area contributed by atoms with Crippen LogP contribution in [0, 0.1) is 11.3 Å². The Bertz CT molecular complexity index is 2050. The smallest absolute Gasteiger partial charge is 0.300 e. The number of benzene rings is 4. The summed E-state index contributed by atoms with van der Waals surface area (Å²) in [5.41, 5.74) is 6.39. The standard InChI is InChI=1S/C31H36N6O5S2.C2H4O2/c1-35(2)28-13-5-12-27-26(28)11-6-14-29(27)44(41,42)37(21-30(38)34-19-22-8-7-17-36(20-22)31(32)33)43(39,40)25-16-15-23-9-3-4-10-24(23)18-25;1-2(3)4/h3-6,9-16,18,22H,7-8,17,19-21H2,1-2H3,(H3,32,33)(H,34,38);1H3,(H,3,4)/t22-;/m0./s1. The molecule has 0 unspecified atom stereocenters. The molecule has 1 amide bonds. The Labute approximate surface area is 280 Å². The normalized spacial score (nSPS) is 15.1. The molecule has 1 aliphatic heterocycles. The highest BCUT2D eigenvalue weighted by Gasteiger charge is 2.39. The van der Waals surface area contributed by atoms with Gasteiger partial charge in [-0.1, -0.05) is 58.3 Å². The Kier molecular flexibility index (Phi) is 11.3. The van der Waals surface area contributed by atoms with Crippen molar-refractivity contribution < 1.29 is 31.5 Å². The van der Waals surface area contributed by atoms with E-state index in [4.69, 9.17) is 21.0 Å². The number of hydrogen-bond acceptors (Lipinski definition) is 8. The molecule has 1 fully saturated rings. The van der Waals surface area contributed by atoms with Gasteiger partial charge in [0, 0.05) is 57.1 Å². The van der Waals surface area contributed by atoms with Crippen LogP contribution in [-0.2, 0) is 29.6 Å². The van der Waals surface area contributed by atoms with Crippen LogP contribution in [-0.4, -0.2) is 88.7 Å². The first-order chi connectivity index (χ1) is 22.6. The Morgan fingerprint density at radius 1 is 0.938 bits per heavy atom. The van der Waals surface area contributed by atoms with E-state index in [0.717, 1.165) is 30.8 Å². The van der Waals surface area contributed by atoms with Gasteiger partial charge in [0.2, 0.25) is 5.91 Å². The number of likely N-dealkylation sites (tertiary alicyclic amines) is 1. The summed E-state index contributed by atoms with van der Waals surface area (Å²) >= 11 is 0. The summed E-state index contributed by atoms with van der Waals surface area (Å²) in [6.45, 7) is 1.45. The number of carboxylic acids is 1. The van der Waals surface area contributed by atoms with Crippen LogP contribution < -0.4 is 16.0 Å². The lowest BCUT2D eigenvalue weighted by Crippen LogP contribution is -2.48. The quantitative estimate of drug-likeness (QED) is 0.149. The minimum atomic E-state index is -4.77. The van der Waals surface area contributed by atoms with Gasteiger partial charge in [-0.15, -0.1) is 0 Å². The molecule has 5 rings (SSSR count). The van der Waals surface area contributed by atoms with E-state index in [1.807, 2.05) is 37.2 Å². The number of rotatable bonds is 9. The number of nitrogens with two attached hydrogens (primary N) is 1. The Hall–Kier alpha value is -4.73. The van der Waals surface area contributed by atoms with Crippen LogP contribution in [0.5, 0.6) is 0 Å². The fraction of sp³-hybridized carbons (Fsp3) is 0.303. The molecule has 4 aromatic carbocycles. The second-order valence-corrected chi connectivity index (χ2v) is 15.6. The molecule has 15 heteroatoms. The maximum atomic E-state index is 14.4. The molecule has 0 saturated carbocycles. The minimum absolute atomic E-state index is 0.0266. The van der Waals surface area contributed by atoms with E-state index >= 15 is 0 Å². The van der Waals surface area contributed by atoms with E-state index in [1.54, 1.807) is 47.4 Å². The number of nitrogens with zero attached hydrogens (tertiary/aromatic N) is 3. The minimum Gasteiger partial charge on any atom is -0.481 e. The van der Waals surface area contributed by atoms with Gasteiger partial charge in [0.05, 0.1) is 9.79 Å². The van der Waals surface area contributed by atoms with Crippen molar-refractivity contribution in [3.8, 4) is 0 Å². The number of hydrogen-bond donors (Lipinski definition) is 4. The molecule has 1 aliphatic rings. The topological polar surface area (TPSA) is 194 Å². The number of aliphatic carboxylic acids is 1. The maximum absolute atomic E-state index is 14.4. The van der Waals surface area contributed by atoms with Crippen LogP contribution >= 0.6 is 0 Å². The lowest BCUT2D eigenvalue weighted by molar-refractivity contribution is -0.134. The second-order valence-electron chi connectivity index (χ2n) is 11.6. The average molecular weight is 697 g/mol. The summed E-state index contributed by atoms with van der Waals surface area (Å²) in [4.78, 5) is 25.4. The molecule has 0 radical (unpaired) electrons. The van der Waals surface area contributed by atoms with Gasteiger partial charge < -0.3 is 26.0 Å². The molecule has 256 valence electrons. The monoisotopic (exact) mass is 696 g/mol. The SMILES string of the molecule is CC(=O)O.CN(C)c1cccc2c(S(=O)(=O)N(CC(=O)NC[C@@H]3CCCN(C(=N)N)C3)S(=O)(=O)c3ccc4ccccc4c3)cccc12. The van der Waals surface area contributed by atoms with Gasteiger partial charge in [-0.2, -0.15) is 0 Å². The Balaban J connectivity index is 0.00000123. The number of sulfonamides is 2. The summed E-state index contributed by atoms with van der Waals surface area (Å²) in [6, 6.07) is 21.4. The largest absolute Gasteiger partial charge is 0.481 e. The highest BCUT2D eigenvalue weighted by Crippen LogP contribution is 2.34. The molecule has 13 nitrogen and oxygen atoms in total. The van der Waals surface area contributed by atoms with Crippen molar-refractivity contribution in [1.82, 2.24) is 13.9 Å². The molecule has 1 atom stereocenters. The van der Waals surface area contributed by atoms with E-state index in [2.05, 4.69) is 5.32 Å². The van der Waals surface area contributed by atoms with Crippen LogP contribution in [0.15, 0.2) is 88.7 Å². The summed E-state index contributed by atoms with van der Waals surface area (Å²) in [5.74, 6) is -1.67. The summed E-state index contributed by atoms with van der Waals surface area (Å²) in [5, 5.41) is 20.2. The van der Waals surface area contributed by atoms with Crippen molar-refractivity contribution in [1.29, 1.82) is 5.41 Å². The van der Waals surface area contributed by atoms with E-state index in [-0.39, 0.29) is 28.2 Å². The third-order valence-corrected chi connectivity index (χ3v) is 12.2. The van der Waals surface area contributed by atoms with Crippen molar-refractivity contribution in [2.24, 2.45) is 11.7 Å². The Morgan fingerprint density at radius 2 is 1.58 bits per heavy atom. The summed E-state index contributed by atoms with van der Waals surface area (Å²) in [6.07, 6.45) is 1.57. The van der Waals surface area contributed by atoms with Gasteiger partial charge in [0.15, 0.2) is 5.96 Å². The van der Waals surface area contributed by atoms with Crippen molar-refractivity contribution in [2.75, 3.05) is 45.2 Å². The number of carbonyl (C=O) groups excluding carboxylic acids is 1. The molecule has 0 bridgehead atoms. The fourth-order valence-corrected chi connectivity index (χ4v) is 9.40. The first kappa shape index (κ1) is 36.1. The number of nitrogens with one attached hydrogen (secondary N) is 2. The number of piperidine rings is 1. The van der Waals surface area contributed by atoms with Gasteiger partial charge in [0.25, 0.3) is 26.0 Å². The van der Waals surface area contributed by atoms with Crippen LogP contribution in [0.4, 0.5) is 5.69 Å². The molecule has 4 aromatic rings. The lowest BCUT2D eigenvalue weighted by atomic mass is 9.98. The third kappa shape index (κ3) is 8.21. The number of fused-ring (bicyclic) bond motifs is 2. The van der Waals surface area contributed by atoms with Gasteiger partial charge in [-0.05, 0) is 53.8 Å². The summed E-state index contributed by atoms with van der Waals surface area (Å²) in [7, 11) is -5.84. The number of guanidine groups is 1. The van der Waals surface area contributed by atoms with Crippen molar-refractivity contribution in [3.63, 3.8) is 0 Å². The predicted molar refractivity (Wildman–Crippen MR) is 186 cm³/mol. The molecule has 0 aromatic heterocycles. The molecule has 5 N–H and O–H groups in total. The summed E-state index contributed by atoms with van der Waals surface area (Å²) < 4.78 is 57.4. The van der Waals surface area contributed by atoms with E-state index in [1.165, 1.54) is 18.2 Å². The number of amides is 1. The molecular weight excluding hydrogens is 657 g/mol. The fourth-order valence-electron chi connectivity index (χ4n) is 5.62. The number of carbonyl (C=O) groups is 2. The molecule has 0 aliphatic carbocycles. The molecule has 1 saturated heterocycles. The van der Waals surface area contributed by atoms with Crippen LogP contribution in [0.3, 0.4) is 0 Å². The van der Waals surface area contributed by atoms with Gasteiger partial charge >= 0.3 is 0 Å². The molecule has 1 heterocycles. The first-order valence-corrected chi connectivity index (χ1v) is 18.0. The maximum Gasteiger partial charge on any atom is 0.300 e. The van der Waals surface area contributed by atoms with Crippen molar-refractivity contribution in [2.45, 2.75) is 29.6 Å². The third-order valence-electron chi connectivity index (χ3n) is 7.89. The zero-order valence-corrected chi connectivity index (χ0v) is 28.6. The highest BCUT2D eigenvalue weighted by atomic mass is 32.3. The van der Waals surface area contributed by atoms with E-state index < -0.39 is 38.5 Å². The molecule has 48 heavy (non-hydrogen) atoms. The number of carboxylic acid groups (broad SMARTS) is 1. The number of anilines is 1. The van der Waals surface area contributed by atoms with E-state index in [0.29, 0.717) is 33.0 Å². The predicted octanol–water partition coefficient (Wildman–Crippen LogP) is 3.25. The van der Waals surface area contributed by atoms with E-state index in [9.17, 15) is 21.6 Å². The first-order valence-electron chi connectivity index (χ1n) is 15.1. The molecular formula is C33H40N6O7S2. The zero-order chi connectivity index (χ0) is 35.2. The van der Waals surface area contributed by atoms with Crippen LogP contribution in [0.25, 0.3) is 21.5 Å². The van der Waals surface area contributed by atoms with Crippen LogP contribution in [0.1, 0.15) is 19.8 Å². The Morgan fingerprint density at radius 3 is 2.25 bits per heavy atom. The van der Waals surface area contributed by atoms with Gasteiger partial charge in [-0.3, -0.25) is 15.0 Å². The zero-order valence-electron chi connectivity index (χ0n) is 27.0. The van der Waals surface area contributed by atoms with Crippen LogP contribution in [0.2, 0.25) is 0 Å².